The number of aromatic nitrogens is 3. The molecule has 1 aromatic carbocycles. The van der Waals surface area contributed by atoms with E-state index in [1.165, 1.54) is 6.07 Å². The molecule has 0 aliphatic heterocycles. The number of rotatable bonds is 8. The summed E-state index contributed by atoms with van der Waals surface area (Å²) >= 11 is 1.10. The van der Waals surface area contributed by atoms with Crippen molar-refractivity contribution in [2.24, 2.45) is 0 Å². The predicted octanol–water partition coefficient (Wildman–Crippen LogP) is 4.34. The van der Waals surface area contributed by atoms with Crippen LogP contribution in [0, 0.1) is 5.82 Å². The van der Waals surface area contributed by atoms with Crippen molar-refractivity contribution in [3.8, 4) is 11.5 Å². The van der Waals surface area contributed by atoms with Gasteiger partial charge in [0.2, 0.25) is 11.7 Å². The molecule has 3 heterocycles. The molecular weight excluding hydrogens is 437 g/mol. The lowest BCUT2D eigenvalue weighted by Crippen LogP contribution is -2.10. The fourth-order valence-corrected chi connectivity index (χ4v) is 4.17. The summed E-state index contributed by atoms with van der Waals surface area (Å²) in [6.07, 6.45) is 1.76. The van der Waals surface area contributed by atoms with Crippen molar-refractivity contribution < 1.29 is 28.0 Å². The van der Waals surface area contributed by atoms with Crippen LogP contribution in [0.1, 0.15) is 34.5 Å². The summed E-state index contributed by atoms with van der Waals surface area (Å²) in [4.78, 5) is 33.2. The number of carbonyl (C=O) groups excluding carboxylic acids is 2. The number of esters is 2. The highest BCUT2D eigenvalue weighted by Crippen LogP contribution is 2.34. The molecule has 0 aliphatic carbocycles. The number of pyridine rings is 1. The molecule has 164 valence electrons. The van der Waals surface area contributed by atoms with Crippen LogP contribution in [-0.2, 0) is 27.3 Å². The lowest BCUT2D eigenvalue weighted by molar-refractivity contribution is -0.145. The first-order valence-electron chi connectivity index (χ1n) is 9.83. The molecule has 4 aromatic rings. The number of carbonyl (C=O) groups is 2. The highest BCUT2D eigenvalue weighted by Gasteiger charge is 2.23. The minimum atomic E-state index is -0.577. The third kappa shape index (κ3) is 4.65. The van der Waals surface area contributed by atoms with Crippen LogP contribution >= 0.6 is 11.3 Å². The van der Waals surface area contributed by atoms with Gasteiger partial charge < -0.3 is 14.0 Å². The minimum absolute atomic E-state index is 0.0247. The van der Waals surface area contributed by atoms with E-state index in [1.54, 1.807) is 43.5 Å². The van der Waals surface area contributed by atoms with Gasteiger partial charge in [0.25, 0.3) is 0 Å². The molecule has 0 aliphatic rings. The van der Waals surface area contributed by atoms with E-state index < -0.39 is 17.8 Å². The molecule has 0 bridgehead atoms. The van der Waals surface area contributed by atoms with Crippen molar-refractivity contribution in [1.82, 2.24) is 15.1 Å². The number of halogens is 1. The van der Waals surface area contributed by atoms with Gasteiger partial charge in [0.15, 0.2) is 0 Å². The number of fused-ring (bicyclic) bond motifs is 1. The van der Waals surface area contributed by atoms with E-state index >= 15 is 0 Å². The Hall–Kier alpha value is -3.66. The van der Waals surface area contributed by atoms with Crippen LogP contribution in [0.15, 0.2) is 47.1 Å². The topological polar surface area (TPSA) is 104 Å². The van der Waals surface area contributed by atoms with Crippen molar-refractivity contribution >= 4 is 33.4 Å². The molecule has 0 spiro atoms. The van der Waals surface area contributed by atoms with Gasteiger partial charge >= 0.3 is 11.9 Å². The average Bonchev–Trinajstić information content (AvgIpc) is 3.43. The lowest BCUT2D eigenvalue weighted by atomic mass is 10.1. The van der Waals surface area contributed by atoms with Crippen LogP contribution in [0.3, 0.4) is 0 Å². The zero-order valence-corrected chi connectivity index (χ0v) is 17.9. The van der Waals surface area contributed by atoms with Crippen LogP contribution in [0.4, 0.5) is 4.39 Å². The largest absolute Gasteiger partial charge is 0.462 e. The Labute approximate surface area is 186 Å². The number of nitrogens with zero attached hydrogens (tertiary/aromatic N) is 3. The van der Waals surface area contributed by atoms with Crippen molar-refractivity contribution in [3.05, 3.63) is 64.7 Å². The van der Waals surface area contributed by atoms with Crippen LogP contribution in [-0.4, -0.2) is 33.7 Å². The van der Waals surface area contributed by atoms with Crippen LogP contribution in [0.2, 0.25) is 0 Å². The third-order valence-electron chi connectivity index (χ3n) is 4.51. The van der Waals surface area contributed by atoms with Gasteiger partial charge in [-0.05, 0) is 31.2 Å². The summed E-state index contributed by atoms with van der Waals surface area (Å²) in [5, 5.41) is 4.11. The zero-order valence-electron chi connectivity index (χ0n) is 17.0. The molecule has 0 atom stereocenters. The van der Waals surface area contributed by atoms with Gasteiger partial charge in [-0.2, -0.15) is 4.98 Å². The molecule has 8 nitrogen and oxygen atoms in total. The van der Waals surface area contributed by atoms with Gasteiger partial charge in [-0.3, -0.25) is 9.78 Å². The van der Waals surface area contributed by atoms with Gasteiger partial charge in [-0.15, -0.1) is 11.3 Å². The summed E-state index contributed by atoms with van der Waals surface area (Å²) in [6, 6.07) is 9.88. The summed E-state index contributed by atoms with van der Waals surface area (Å²) in [5.41, 5.74) is 0.855. The summed E-state index contributed by atoms with van der Waals surface area (Å²) in [7, 11) is 0. The Morgan fingerprint density at radius 3 is 2.81 bits per heavy atom. The Kier molecular flexibility index (Phi) is 6.50. The maximum absolute atomic E-state index is 14.4. The van der Waals surface area contributed by atoms with Gasteiger partial charge in [-0.25, -0.2) is 9.18 Å². The number of hydrogen-bond donors (Lipinski definition) is 0. The van der Waals surface area contributed by atoms with E-state index in [1.807, 2.05) is 0 Å². The Morgan fingerprint density at radius 2 is 2.03 bits per heavy atom. The molecule has 0 saturated carbocycles. The third-order valence-corrected chi connectivity index (χ3v) is 5.68. The Bertz CT molecular complexity index is 1260. The smallest absolute Gasteiger partial charge is 0.348 e. The number of aryl methyl sites for hydroxylation is 1. The van der Waals surface area contributed by atoms with E-state index in [0.717, 1.165) is 11.3 Å². The fourth-order valence-electron chi connectivity index (χ4n) is 3.06. The Balaban J connectivity index is 1.42. The van der Waals surface area contributed by atoms with Crippen LogP contribution in [0.5, 0.6) is 0 Å². The highest BCUT2D eigenvalue weighted by atomic mass is 32.1. The summed E-state index contributed by atoms with van der Waals surface area (Å²) in [5.74, 6) is -1.02. The molecule has 10 heteroatoms. The standard InChI is InChI=1S/C22H18FN3O5S/c1-2-29-22(28)20-13(19-14(23)6-5-8-16(19)32-20)12-30-18(27)10-9-17-25-21(26-31-17)15-7-3-4-11-24-15/h3-8,11H,2,9-10,12H2,1H3. The maximum atomic E-state index is 14.4. The second-order valence-electron chi connectivity index (χ2n) is 6.63. The molecule has 0 unspecified atom stereocenters. The maximum Gasteiger partial charge on any atom is 0.348 e. The molecule has 0 saturated heterocycles. The fraction of sp³-hybridized carbons (Fsp3) is 0.227. The SMILES string of the molecule is CCOC(=O)c1sc2cccc(F)c2c1COC(=O)CCc1nc(-c2ccccn2)no1. The van der Waals surface area contributed by atoms with E-state index in [-0.39, 0.29) is 42.2 Å². The Morgan fingerprint density at radius 1 is 1.16 bits per heavy atom. The van der Waals surface area contributed by atoms with E-state index in [0.29, 0.717) is 21.8 Å². The van der Waals surface area contributed by atoms with Gasteiger partial charge in [-0.1, -0.05) is 17.3 Å². The first-order valence-corrected chi connectivity index (χ1v) is 10.6. The number of benzene rings is 1. The van der Waals surface area contributed by atoms with E-state index in [9.17, 15) is 14.0 Å². The van der Waals surface area contributed by atoms with Gasteiger partial charge in [0, 0.05) is 28.3 Å². The number of ether oxygens (including phenoxy) is 2. The van der Waals surface area contributed by atoms with E-state index in [2.05, 4.69) is 15.1 Å². The lowest BCUT2D eigenvalue weighted by Gasteiger charge is -2.07. The van der Waals surface area contributed by atoms with Gasteiger partial charge in [0.1, 0.15) is 23.0 Å². The van der Waals surface area contributed by atoms with Crippen molar-refractivity contribution in [2.75, 3.05) is 6.61 Å². The van der Waals surface area contributed by atoms with E-state index in [4.69, 9.17) is 14.0 Å². The summed E-state index contributed by atoms with van der Waals surface area (Å²) < 4.78 is 30.5. The molecule has 0 radical (unpaired) electrons. The minimum Gasteiger partial charge on any atom is -0.462 e. The monoisotopic (exact) mass is 455 g/mol. The first-order chi connectivity index (χ1) is 15.6. The molecule has 0 fully saturated rings. The molecule has 0 N–H and O–H groups in total. The second-order valence-corrected chi connectivity index (χ2v) is 7.68. The molecule has 3 aromatic heterocycles. The molecule has 32 heavy (non-hydrogen) atoms. The van der Waals surface area contributed by atoms with Crippen molar-refractivity contribution in [2.45, 2.75) is 26.4 Å². The van der Waals surface area contributed by atoms with Crippen LogP contribution < -0.4 is 0 Å². The van der Waals surface area contributed by atoms with Gasteiger partial charge in [0.05, 0.1) is 13.0 Å². The quantitative estimate of drug-likeness (QED) is 0.362. The molecule has 4 rings (SSSR count). The zero-order chi connectivity index (χ0) is 22.5. The highest BCUT2D eigenvalue weighted by molar-refractivity contribution is 7.21. The molecular formula is C22H18FN3O5S. The van der Waals surface area contributed by atoms with Crippen molar-refractivity contribution in [3.63, 3.8) is 0 Å². The first kappa shape index (κ1) is 21.6. The van der Waals surface area contributed by atoms with Crippen molar-refractivity contribution in [1.29, 1.82) is 0 Å². The average molecular weight is 455 g/mol. The molecule has 0 amide bonds. The second kappa shape index (κ2) is 9.65. The number of hydrogen-bond acceptors (Lipinski definition) is 9. The van der Waals surface area contributed by atoms with Crippen LogP contribution in [0.25, 0.3) is 21.6 Å². The normalized spacial score (nSPS) is 10.9. The number of thiophene rings is 1. The predicted molar refractivity (Wildman–Crippen MR) is 113 cm³/mol. The summed E-state index contributed by atoms with van der Waals surface area (Å²) in [6.45, 7) is 1.61.